The van der Waals surface area contributed by atoms with E-state index in [9.17, 15) is 0 Å². The minimum atomic E-state index is 0.0647. The molecule has 4 aromatic carbocycles. The third-order valence-corrected chi connectivity index (χ3v) is 8.04. The second-order valence-corrected chi connectivity index (χ2v) is 12.8. The van der Waals surface area contributed by atoms with Crippen molar-refractivity contribution < 1.29 is 0 Å². The zero-order valence-electron chi connectivity index (χ0n) is 24.3. The normalized spacial score (nSPS) is 12.4. The van der Waals surface area contributed by atoms with E-state index < -0.39 is 0 Å². The zero-order chi connectivity index (χ0) is 28.4. The minimum absolute atomic E-state index is 0.0647. The number of benzene rings is 4. The fourth-order valence-corrected chi connectivity index (χ4v) is 5.75. The first-order valence-electron chi connectivity index (χ1n) is 14.0. The minimum Gasteiger partial charge on any atom is -0.396 e. The number of nitrogen functional groups attached to an aromatic ring is 2. The molecule has 0 spiro atoms. The fraction of sp³-hybridized carbons (Fsp3) is 0.222. The summed E-state index contributed by atoms with van der Waals surface area (Å²) >= 11 is 0. The number of hydrogen-bond acceptors (Lipinski definition) is 2. The van der Waals surface area contributed by atoms with Crippen molar-refractivity contribution >= 4 is 33.2 Å². The van der Waals surface area contributed by atoms with Crippen LogP contribution < -0.4 is 11.5 Å². The number of hydrogen-bond donors (Lipinski definition) is 2. The highest BCUT2D eigenvalue weighted by molar-refractivity contribution is 6.09. The van der Waals surface area contributed by atoms with Gasteiger partial charge in [-0.05, 0) is 58.4 Å². The molecule has 0 saturated carbocycles. The number of nitrogens with two attached hydrogens (primary N) is 2. The molecule has 202 valence electrons. The molecule has 4 N–H and O–H groups in total. The SMILES string of the molecule is CC(C)(C)c1ccc(-n2c(-c3c(N)c4ccccc4n3-c3ccc(C(C)(C)C)cc3)c(N)c3ccccc32)cc1. The summed E-state index contributed by atoms with van der Waals surface area (Å²) in [5.41, 5.74) is 24.2. The fourth-order valence-electron chi connectivity index (χ4n) is 5.75. The first kappa shape index (κ1) is 25.8. The Labute approximate surface area is 236 Å². The predicted octanol–water partition coefficient (Wildman–Crippen LogP) is 9.00. The van der Waals surface area contributed by atoms with Crippen LogP contribution in [0.2, 0.25) is 0 Å². The molecule has 0 amide bonds. The molecule has 0 aliphatic rings. The van der Waals surface area contributed by atoms with Crippen LogP contribution in [0, 0.1) is 0 Å². The average molecular weight is 527 g/mol. The van der Waals surface area contributed by atoms with Gasteiger partial charge in [-0.1, -0.05) is 102 Å². The largest absolute Gasteiger partial charge is 0.396 e. The molecule has 2 heterocycles. The van der Waals surface area contributed by atoms with Gasteiger partial charge in [0.05, 0.1) is 33.8 Å². The Balaban J connectivity index is 1.69. The molecular weight excluding hydrogens is 488 g/mol. The lowest BCUT2D eigenvalue weighted by molar-refractivity contribution is 0.590. The highest BCUT2D eigenvalue weighted by Gasteiger charge is 2.26. The van der Waals surface area contributed by atoms with Gasteiger partial charge >= 0.3 is 0 Å². The van der Waals surface area contributed by atoms with E-state index in [0.717, 1.165) is 55.9 Å². The van der Waals surface area contributed by atoms with Gasteiger partial charge < -0.3 is 20.6 Å². The van der Waals surface area contributed by atoms with Gasteiger partial charge in [-0.3, -0.25) is 0 Å². The number of aromatic nitrogens is 2. The predicted molar refractivity (Wildman–Crippen MR) is 172 cm³/mol. The van der Waals surface area contributed by atoms with E-state index in [2.05, 4.69) is 136 Å². The van der Waals surface area contributed by atoms with Gasteiger partial charge in [-0.25, -0.2) is 0 Å². The van der Waals surface area contributed by atoms with Crippen molar-refractivity contribution in [3.05, 3.63) is 108 Å². The first-order chi connectivity index (χ1) is 19.0. The molecule has 0 saturated heterocycles. The van der Waals surface area contributed by atoms with Gasteiger partial charge in [0, 0.05) is 22.1 Å². The highest BCUT2D eigenvalue weighted by Crippen LogP contribution is 2.45. The summed E-state index contributed by atoms with van der Waals surface area (Å²) in [6.45, 7) is 13.4. The maximum Gasteiger partial charge on any atom is 0.0964 e. The van der Waals surface area contributed by atoms with Crippen LogP contribution in [0.3, 0.4) is 0 Å². The van der Waals surface area contributed by atoms with E-state index in [1.54, 1.807) is 0 Å². The van der Waals surface area contributed by atoms with Crippen LogP contribution in [0.25, 0.3) is 44.6 Å². The topological polar surface area (TPSA) is 61.9 Å². The molecule has 40 heavy (non-hydrogen) atoms. The molecule has 6 rings (SSSR count). The summed E-state index contributed by atoms with van der Waals surface area (Å²) in [7, 11) is 0. The lowest BCUT2D eigenvalue weighted by atomic mass is 9.87. The quantitative estimate of drug-likeness (QED) is 0.242. The Morgan fingerprint density at radius 1 is 0.450 bits per heavy atom. The summed E-state index contributed by atoms with van der Waals surface area (Å²) in [4.78, 5) is 0. The number of rotatable bonds is 3. The van der Waals surface area contributed by atoms with Crippen LogP contribution in [0.1, 0.15) is 52.7 Å². The van der Waals surface area contributed by atoms with Crippen molar-refractivity contribution in [3.63, 3.8) is 0 Å². The molecule has 4 nitrogen and oxygen atoms in total. The second-order valence-electron chi connectivity index (χ2n) is 12.8. The molecule has 6 aromatic rings. The van der Waals surface area contributed by atoms with E-state index in [0.29, 0.717) is 0 Å². The maximum atomic E-state index is 7.04. The Morgan fingerprint density at radius 2 is 0.775 bits per heavy atom. The van der Waals surface area contributed by atoms with Crippen LogP contribution in [-0.4, -0.2) is 9.13 Å². The number of anilines is 2. The highest BCUT2D eigenvalue weighted by atomic mass is 15.1. The van der Waals surface area contributed by atoms with Gasteiger partial charge in [0.15, 0.2) is 0 Å². The van der Waals surface area contributed by atoms with Crippen LogP contribution in [-0.2, 0) is 10.8 Å². The Bertz CT molecular complexity index is 1710. The Kier molecular flexibility index (Phi) is 5.85. The summed E-state index contributed by atoms with van der Waals surface area (Å²) in [6.07, 6.45) is 0. The van der Waals surface area contributed by atoms with Crippen molar-refractivity contribution in [1.29, 1.82) is 0 Å². The van der Waals surface area contributed by atoms with Gasteiger partial charge in [-0.15, -0.1) is 0 Å². The second kappa shape index (κ2) is 9.06. The smallest absolute Gasteiger partial charge is 0.0964 e. The van der Waals surface area contributed by atoms with Crippen molar-refractivity contribution in [2.24, 2.45) is 0 Å². The summed E-state index contributed by atoms with van der Waals surface area (Å²) in [6, 6.07) is 34.3. The maximum absolute atomic E-state index is 7.04. The third kappa shape index (κ3) is 4.06. The summed E-state index contributed by atoms with van der Waals surface area (Å²) in [5, 5.41) is 2.02. The molecule has 2 aromatic heterocycles. The average Bonchev–Trinajstić information content (AvgIpc) is 3.38. The van der Waals surface area contributed by atoms with E-state index in [1.807, 2.05) is 12.1 Å². The van der Waals surface area contributed by atoms with E-state index in [4.69, 9.17) is 11.5 Å². The van der Waals surface area contributed by atoms with Gasteiger partial charge in [-0.2, -0.15) is 0 Å². The van der Waals surface area contributed by atoms with Gasteiger partial charge in [0.25, 0.3) is 0 Å². The molecule has 0 bridgehead atoms. The molecule has 0 atom stereocenters. The van der Waals surface area contributed by atoms with E-state index in [-0.39, 0.29) is 10.8 Å². The molecule has 4 heteroatoms. The molecular formula is C36H38N4. The van der Waals surface area contributed by atoms with Gasteiger partial charge in [0.1, 0.15) is 0 Å². The van der Waals surface area contributed by atoms with Crippen LogP contribution in [0.4, 0.5) is 11.4 Å². The standard InChI is InChI=1S/C36H38N4/c1-35(2,3)23-15-19-25(20-16-23)39-29-13-9-7-11-27(29)31(37)33(39)34-32(38)28-12-8-10-14-30(28)40(34)26-21-17-24(18-22-26)36(4,5)6/h7-22H,37-38H2,1-6H3. The van der Waals surface area contributed by atoms with Crippen molar-refractivity contribution in [1.82, 2.24) is 9.13 Å². The van der Waals surface area contributed by atoms with Crippen molar-refractivity contribution in [3.8, 4) is 22.8 Å². The summed E-state index contributed by atoms with van der Waals surface area (Å²) < 4.78 is 4.53. The van der Waals surface area contributed by atoms with Crippen LogP contribution in [0.15, 0.2) is 97.1 Å². The number of fused-ring (bicyclic) bond motifs is 2. The summed E-state index contributed by atoms with van der Waals surface area (Å²) in [5.74, 6) is 0. The van der Waals surface area contributed by atoms with Gasteiger partial charge in [0.2, 0.25) is 0 Å². The Hall–Kier alpha value is -4.44. The first-order valence-corrected chi connectivity index (χ1v) is 14.0. The molecule has 0 unspecified atom stereocenters. The Morgan fingerprint density at radius 3 is 1.10 bits per heavy atom. The molecule has 0 aliphatic heterocycles. The van der Waals surface area contributed by atoms with Crippen molar-refractivity contribution in [2.75, 3.05) is 11.5 Å². The third-order valence-electron chi connectivity index (χ3n) is 8.04. The number of para-hydroxylation sites is 2. The van der Waals surface area contributed by atoms with Crippen LogP contribution in [0.5, 0.6) is 0 Å². The molecule has 0 fully saturated rings. The zero-order valence-corrected chi connectivity index (χ0v) is 24.3. The monoisotopic (exact) mass is 526 g/mol. The lowest BCUT2D eigenvalue weighted by Gasteiger charge is -2.21. The lowest BCUT2D eigenvalue weighted by Crippen LogP contribution is -2.11. The number of nitrogens with zero attached hydrogens (tertiary/aromatic N) is 2. The van der Waals surface area contributed by atoms with E-state index in [1.165, 1.54) is 11.1 Å². The van der Waals surface area contributed by atoms with E-state index >= 15 is 0 Å². The molecule has 0 radical (unpaired) electrons. The van der Waals surface area contributed by atoms with Crippen molar-refractivity contribution in [2.45, 2.75) is 52.4 Å². The molecule has 0 aliphatic carbocycles. The van der Waals surface area contributed by atoms with Crippen LogP contribution >= 0.6 is 0 Å².